The Morgan fingerprint density at radius 2 is 2.06 bits per heavy atom. The number of fused-ring (bicyclic) bond motifs is 5. The second-order valence-corrected chi connectivity index (χ2v) is 10.00. The van der Waals surface area contributed by atoms with Crippen LogP contribution in [0.15, 0.2) is 35.7 Å². The van der Waals surface area contributed by atoms with E-state index in [1.54, 1.807) is 49.0 Å². The van der Waals surface area contributed by atoms with Gasteiger partial charge in [0.05, 0.1) is 18.2 Å². The molecule has 0 unspecified atom stereocenters. The normalized spacial score (nSPS) is 15.4. The zero-order valence-corrected chi connectivity index (χ0v) is 19.8. The van der Waals surface area contributed by atoms with Gasteiger partial charge >= 0.3 is 0 Å². The monoisotopic (exact) mass is 482 g/mol. The van der Waals surface area contributed by atoms with Crippen LogP contribution in [0.4, 0.5) is 0 Å². The molecule has 0 fully saturated rings. The summed E-state index contributed by atoms with van der Waals surface area (Å²) in [6, 6.07) is 6.60. The van der Waals surface area contributed by atoms with Crippen molar-refractivity contribution in [1.82, 2.24) is 30.4 Å². The molecule has 170 valence electrons. The Hall–Kier alpha value is -3.18. The van der Waals surface area contributed by atoms with E-state index in [1.807, 2.05) is 4.40 Å². The molecule has 3 aromatic heterocycles. The SMILES string of the molecule is COc1ccc(C(=O)NNC(=O)CSc2nnc3c4c5c(sc4ncn23)C[C@@H](C)CC5)cc1. The molecule has 5 rings (SSSR count). The van der Waals surface area contributed by atoms with Crippen molar-refractivity contribution in [3.63, 3.8) is 0 Å². The number of aryl methyl sites for hydroxylation is 1. The minimum Gasteiger partial charge on any atom is -0.497 e. The molecule has 1 aliphatic carbocycles. The average Bonchev–Trinajstić information content (AvgIpc) is 3.41. The number of ether oxygens (including phenoxy) is 1. The molecular weight excluding hydrogens is 460 g/mol. The average molecular weight is 483 g/mol. The second kappa shape index (κ2) is 8.99. The summed E-state index contributed by atoms with van der Waals surface area (Å²) in [7, 11) is 1.55. The quantitative estimate of drug-likeness (QED) is 0.332. The van der Waals surface area contributed by atoms with Crippen LogP contribution >= 0.6 is 23.1 Å². The summed E-state index contributed by atoms with van der Waals surface area (Å²) < 4.78 is 6.91. The molecule has 0 spiro atoms. The molecule has 0 saturated heterocycles. The van der Waals surface area contributed by atoms with Crippen LogP contribution in [0.5, 0.6) is 5.75 Å². The summed E-state index contributed by atoms with van der Waals surface area (Å²) in [6.45, 7) is 2.28. The first-order chi connectivity index (χ1) is 16.0. The Bertz CT molecular complexity index is 1350. The Labute approximate surface area is 197 Å². The number of hydrogen-bond donors (Lipinski definition) is 2. The highest BCUT2D eigenvalue weighted by molar-refractivity contribution is 7.99. The molecule has 0 bridgehead atoms. The molecule has 4 aromatic rings. The van der Waals surface area contributed by atoms with Crippen molar-refractivity contribution < 1.29 is 14.3 Å². The van der Waals surface area contributed by atoms with Crippen LogP contribution in [-0.2, 0) is 17.6 Å². The smallest absolute Gasteiger partial charge is 0.269 e. The molecular formula is C22H22N6O3S2. The lowest BCUT2D eigenvalue weighted by Gasteiger charge is -2.17. The largest absolute Gasteiger partial charge is 0.497 e. The Morgan fingerprint density at radius 3 is 2.85 bits per heavy atom. The van der Waals surface area contributed by atoms with E-state index in [1.165, 1.54) is 22.2 Å². The highest BCUT2D eigenvalue weighted by Gasteiger charge is 2.24. The van der Waals surface area contributed by atoms with E-state index in [0.717, 1.165) is 35.1 Å². The predicted octanol–water partition coefficient (Wildman–Crippen LogP) is 3.03. The van der Waals surface area contributed by atoms with Gasteiger partial charge in [-0.1, -0.05) is 18.7 Å². The van der Waals surface area contributed by atoms with Gasteiger partial charge in [-0.25, -0.2) is 4.98 Å². The number of amides is 2. The molecule has 33 heavy (non-hydrogen) atoms. The van der Waals surface area contributed by atoms with Crippen LogP contribution in [0.2, 0.25) is 0 Å². The minimum absolute atomic E-state index is 0.0704. The Kier molecular flexibility index (Phi) is 5.90. The van der Waals surface area contributed by atoms with Crippen LogP contribution in [0.1, 0.15) is 34.1 Å². The van der Waals surface area contributed by atoms with Gasteiger partial charge in [-0.2, -0.15) is 0 Å². The summed E-state index contributed by atoms with van der Waals surface area (Å²) in [5.41, 5.74) is 7.38. The van der Waals surface area contributed by atoms with Gasteiger partial charge in [0, 0.05) is 10.4 Å². The number of hydrazine groups is 1. The van der Waals surface area contributed by atoms with Crippen LogP contribution in [-0.4, -0.2) is 44.3 Å². The molecule has 3 heterocycles. The highest BCUT2D eigenvalue weighted by Crippen LogP contribution is 2.39. The number of thiophene rings is 1. The standard InChI is InChI=1S/C22H22N6O3S2/c1-12-3-8-15-16(9-12)33-21-18(15)19-25-27-22(28(19)11-23-21)32-10-17(29)24-26-20(30)13-4-6-14(31-2)7-5-13/h4-7,11-12H,3,8-10H2,1-2H3,(H,24,29)(H,26,30)/t12-/m0/s1. The first-order valence-electron chi connectivity index (χ1n) is 10.5. The third kappa shape index (κ3) is 4.25. The zero-order chi connectivity index (χ0) is 22.9. The summed E-state index contributed by atoms with van der Waals surface area (Å²) in [5.74, 6) is 0.647. The van der Waals surface area contributed by atoms with Gasteiger partial charge in [0.15, 0.2) is 10.8 Å². The van der Waals surface area contributed by atoms with Crippen molar-refractivity contribution in [3.05, 3.63) is 46.6 Å². The molecule has 2 amide bonds. The molecule has 1 aliphatic rings. The number of rotatable bonds is 5. The number of carbonyl (C=O) groups excluding carboxylic acids is 2. The van der Waals surface area contributed by atoms with E-state index in [-0.39, 0.29) is 11.7 Å². The first kappa shape index (κ1) is 21.7. The van der Waals surface area contributed by atoms with Gasteiger partial charge in [-0.3, -0.25) is 24.8 Å². The lowest BCUT2D eigenvalue weighted by atomic mass is 9.89. The first-order valence-corrected chi connectivity index (χ1v) is 12.3. The van der Waals surface area contributed by atoms with E-state index in [0.29, 0.717) is 22.4 Å². The number of thioether (sulfide) groups is 1. The fraction of sp³-hybridized carbons (Fsp3) is 0.318. The van der Waals surface area contributed by atoms with E-state index in [2.05, 4.69) is 33.0 Å². The predicted molar refractivity (Wildman–Crippen MR) is 127 cm³/mol. The number of carbonyl (C=O) groups is 2. The summed E-state index contributed by atoms with van der Waals surface area (Å²) in [6.07, 6.45) is 5.00. The van der Waals surface area contributed by atoms with E-state index in [9.17, 15) is 9.59 Å². The van der Waals surface area contributed by atoms with Crippen molar-refractivity contribution in [2.75, 3.05) is 12.9 Å². The lowest BCUT2D eigenvalue weighted by molar-refractivity contribution is -0.119. The van der Waals surface area contributed by atoms with Gasteiger partial charge in [0.1, 0.15) is 16.9 Å². The Morgan fingerprint density at radius 1 is 1.24 bits per heavy atom. The number of nitrogens with one attached hydrogen (secondary N) is 2. The Balaban J connectivity index is 1.24. The molecule has 0 radical (unpaired) electrons. The fourth-order valence-corrected chi connectivity index (χ4v) is 5.97. The van der Waals surface area contributed by atoms with Gasteiger partial charge in [0.2, 0.25) is 5.91 Å². The van der Waals surface area contributed by atoms with Crippen molar-refractivity contribution in [2.24, 2.45) is 5.92 Å². The fourth-order valence-electron chi connectivity index (χ4n) is 3.93. The van der Waals surface area contributed by atoms with Gasteiger partial charge in [-0.15, -0.1) is 21.5 Å². The third-order valence-corrected chi connectivity index (χ3v) is 7.78. The number of aromatic nitrogens is 4. The topological polar surface area (TPSA) is 111 Å². The zero-order valence-electron chi connectivity index (χ0n) is 18.1. The van der Waals surface area contributed by atoms with Crippen LogP contribution in [0.25, 0.3) is 15.9 Å². The van der Waals surface area contributed by atoms with Crippen molar-refractivity contribution >= 4 is 50.8 Å². The molecule has 1 atom stereocenters. The van der Waals surface area contributed by atoms with Crippen molar-refractivity contribution in [3.8, 4) is 5.75 Å². The summed E-state index contributed by atoms with van der Waals surface area (Å²) in [4.78, 5) is 31.5. The van der Waals surface area contributed by atoms with Gasteiger partial charge < -0.3 is 4.74 Å². The maximum atomic E-state index is 12.3. The van der Waals surface area contributed by atoms with Gasteiger partial charge in [0.25, 0.3) is 5.91 Å². The van der Waals surface area contributed by atoms with Crippen molar-refractivity contribution in [2.45, 2.75) is 31.3 Å². The number of nitrogens with zero attached hydrogens (tertiary/aromatic N) is 4. The van der Waals surface area contributed by atoms with E-state index < -0.39 is 5.91 Å². The molecule has 2 N–H and O–H groups in total. The number of hydrogen-bond acceptors (Lipinski definition) is 8. The summed E-state index contributed by atoms with van der Waals surface area (Å²) in [5, 5.41) is 10.3. The van der Waals surface area contributed by atoms with E-state index >= 15 is 0 Å². The highest BCUT2D eigenvalue weighted by atomic mass is 32.2. The maximum Gasteiger partial charge on any atom is 0.269 e. The van der Waals surface area contributed by atoms with Crippen molar-refractivity contribution in [1.29, 1.82) is 0 Å². The van der Waals surface area contributed by atoms with Crippen LogP contribution in [0, 0.1) is 5.92 Å². The lowest BCUT2D eigenvalue weighted by Crippen LogP contribution is -2.42. The molecule has 0 aliphatic heterocycles. The third-order valence-electron chi connectivity index (χ3n) is 5.67. The molecule has 11 heteroatoms. The second-order valence-electron chi connectivity index (χ2n) is 7.97. The molecule has 1 aromatic carbocycles. The number of benzene rings is 1. The minimum atomic E-state index is -0.410. The summed E-state index contributed by atoms with van der Waals surface area (Å²) >= 11 is 2.98. The molecule has 9 nitrogen and oxygen atoms in total. The maximum absolute atomic E-state index is 12.3. The van der Waals surface area contributed by atoms with Crippen LogP contribution < -0.4 is 15.6 Å². The van der Waals surface area contributed by atoms with Gasteiger partial charge in [-0.05, 0) is 55.0 Å². The molecule has 0 saturated carbocycles. The van der Waals surface area contributed by atoms with E-state index in [4.69, 9.17) is 4.74 Å². The number of methoxy groups -OCH3 is 1. The van der Waals surface area contributed by atoms with Crippen LogP contribution in [0.3, 0.4) is 0 Å².